The van der Waals surface area contributed by atoms with Gasteiger partial charge in [-0.05, 0) is 38.0 Å². The molecule has 0 aliphatic rings. The van der Waals surface area contributed by atoms with E-state index in [9.17, 15) is 39.3 Å². The summed E-state index contributed by atoms with van der Waals surface area (Å²) < 4.78 is 0. The minimum atomic E-state index is -1.46. The predicted octanol–water partition coefficient (Wildman–Crippen LogP) is -2.53. The molecule has 0 fully saturated rings. The Labute approximate surface area is 195 Å². The number of hydrogen-bond donors (Lipinski definition) is 8. The number of nitrogens with one attached hydrogen (secondary N) is 3. The summed E-state index contributed by atoms with van der Waals surface area (Å²) in [6.07, 6.45) is -1.64. The van der Waals surface area contributed by atoms with Gasteiger partial charge in [0, 0.05) is 12.8 Å². The van der Waals surface area contributed by atoms with E-state index in [-0.39, 0.29) is 25.0 Å². The van der Waals surface area contributed by atoms with Gasteiger partial charge < -0.3 is 42.7 Å². The van der Waals surface area contributed by atoms with E-state index in [1.807, 2.05) is 0 Å². The highest BCUT2D eigenvalue weighted by Crippen LogP contribution is 2.11. The van der Waals surface area contributed by atoms with E-state index < -0.39 is 59.9 Å². The average molecular weight is 482 g/mol. The number of carboxylic acid groups (broad SMARTS) is 1. The predicted molar refractivity (Wildman–Crippen MR) is 119 cm³/mol. The highest BCUT2D eigenvalue weighted by molar-refractivity contribution is 5.94. The lowest BCUT2D eigenvalue weighted by Crippen LogP contribution is -2.59. The molecule has 1 aromatic carbocycles. The van der Waals surface area contributed by atoms with Crippen LogP contribution in [0.1, 0.15) is 32.3 Å². The number of phenols is 1. The minimum Gasteiger partial charge on any atom is -0.508 e. The van der Waals surface area contributed by atoms with Crippen LogP contribution in [0, 0.1) is 0 Å². The molecule has 34 heavy (non-hydrogen) atoms. The van der Waals surface area contributed by atoms with E-state index in [1.165, 1.54) is 38.1 Å². The highest BCUT2D eigenvalue weighted by Gasteiger charge is 2.31. The van der Waals surface area contributed by atoms with Crippen LogP contribution >= 0.6 is 0 Å². The van der Waals surface area contributed by atoms with Crippen molar-refractivity contribution in [2.24, 2.45) is 11.5 Å². The fraction of sp³-hybridized carbons (Fsp3) is 0.476. The lowest BCUT2D eigenvalue weighted by Gasteiger charge is -2.25. The standard InChI is InChI=1S/C21H31N5O8/c1-10(18(30)25-15(21(33)34)9-12-3-5-13(28)6-4-12)24-20(32)17(11(2)27)26-19(31)14(22)7-8-16(23)29/h3-6,10-11,14-15,17,27-28H,7-9,22H2,1-2H3,(H2,23,29)(H,24,32)(H,25,30)(H,26,31)(H,33,34). The van der Waals surface area contributed by atoms with Crippen molar-refractivity contribution in [2.45, 2.75) is 63.4 Å². The Morgan fingerprint density at radius 1 is 0.941 bits per heavy atom. The third-order valence-electron chi connectivity index (χ3n) is 4.84. The van der Waals surface area contributed by atoms with Crippen molar-refractivity contribution in [3.05, 3.63) is 29.8 Å². The molecule has 1 rings (SSSR count). The van der Waals surface area contributed by atoms with E-state index >= 15 is 0 Å². The van der Waals surface area contributed by atoms with Crippen LogP contribution < -0.4 is 27.4 Å². The normalized spacial score (nSPS) is 15.2. The fourth-order valence-electron chi connectivity index (χ4n) is 2.83. The van der Waals surface area contributed by atoms with Gasteiger partial charge in [0.05, 0.1) is 12.1 Å². The van der Waals surface area contributed by atoms with E-state index in [0.29, 0.717) is 5.56 Å². The van der Waals surface area contributed by atoms with E-state index in [1.54, 1.807) is 0 Å². The van der Waals surface area contributed by atoms with Crippen LogP contribution in [0.5, 0.6) is 5.75 Å². The van der Waals surface area contributed by atoms with E-state index in [4.69, 9.17) is 11.5 Å². The van der Waals surface area contributed by atoms with Crippen LogP contribution in [0.2, 0.25) is 0 Å². The molecule has 0 saturated carbocycles. The third kappa shape index (κ3) is 9.42. The number of aromatic hydroxyl groups is 1. The first-order chi connectivity index (χ1) is 15.8. The number of carbonyl (C=O) groups excluding carboxylic acids is 4. The molecule has 0 aliphatic heterocycles. The lowest BCUT2D eigenvalue weighted by molar-refractivity contribution is -0.142. The molecule has 5 unspecified atom stereocenters. The molecule has 0 saturated heterocycles. The van der Waals surface area contributed by atoms with Crippen molar-refractivity contribution in [2.75, 3.05) is 0 Å². The zero-order chi connectivity index (χ0) is 26.0. The molecule has 0 radical (unpaired) electrons. The molecule has 0 bridgehead atoms. The molecule has 0 aromatic heterocycles. The molecule has 5 atom stereocenters. The Balaban J connectivity index is 2.74. The maximum absolute atomic E-state index is 12.5. The number of aliphatic hydroxyl groups is 1. The van der Waals surface area contributed by atoms with Gasteiger partial charge in [0.1, 0.15) is 23.9 Å². The molecule has 10 N–H and O–H groups in total. The number of primary amides is 1. The van der Waals surface area contributed by atoms with Crippen LogP contribution in [-0.2, 0) is 30.4 Å². The van der Waals surface area contributed by atoms with Crippen LogP contribution in [0.25, 0.3) is 0 Å². The third-order valence-corrected chi connectivity index (χ3v) is 4.84. The zero-order valence-corrected chi connectivity index (χ0v) is 18.9. The van der Waals surface area contributed by atoms with Gasteiger partial charge >= 0.3 is 5.97 Å². The monoisotopic (exact) mass is 481 g/mol. The largest absolute Gasteiger partial charge is 0.508 e. The number of nitrogens with two attached hydrogens (primary N) is 2. The summed E-state index contributed by atoms with van der Waals surface area (Å²) in [6.45, 7) is 2.54. The lowest BCUT2D eigenvalue weighted by atomic mass is 10.1. The fourth-order valence-corrected chi connectivity index (χ4v) is 2.83. The molecule has 0 heterocycles. The van der Waals surface area contributed by atoms with Gasteiger partial charge in [-0.2, -0.15) is 0 Å². The Morgan fingerprint density at radius 3 is 2.03 bits per heavy atom. The number of carbonyl (C=O) groups is 5. The summed E-state index contributed by atoms with van der Waals surface area (Å²) >= 11 is 0. The number of aliphatic carboxylic acids is 1. The van der Waals surface area contributed by atoms with E-state index in [2.05, 4.69) is 16.0 Å². The maximum Gasteiger partial charge on any atom is 0.326 e. The highest BCUT2D eigenvalue weighted by atomic mass is 16.4. The summed E-state index contributed by atoms with van der Waals surface area (Å²) in [7, 11) is 0. The molecular weight excluding hydrogens is 450 g/mol. The van der Waals surface area contributed by atoms with Crippen molar-refractivity contribution in [1.29, 1.82) is 0 Å². The number of benzene rings is 1. The molecule has 188 valence electrons. The van der Waals surface area contributed by atoms with Crippen molar-refractivity contribution >= 4 is 29.6 Å². The Bertz CT molecular complexity index is 890. The van der Waals surface area contributed by atoms with Gasteiger partial charge in [-0.1, -0.05) is 12.1 Å². The van der Waals surface area contributed by atoms with Gasteiger partial charge in [0.25, 0.3) is 0 Å². The molecule has 13 heteroatoms. The van der Waals surface area contributed by atoms with Crippen LogP contribution in [0.4, 0.5) is 0 Å². The zero-order valence-electron chi connectivity index (χ0n) is 18.9. The minimum absolute atomic E-state index is 0.00424. The Hall–Kier alpha value is -3.71. The van der Waals surface area contributed by atoms with Crippen LogP contribution in [0.15, 0.2) is 24.3 Å². The number of phenolic OH excluding ortho intramolecular Hbond substituents is 1. The quantitative estimate of drug-likeness (QED) is 0.148. The van der Waals surface area contributed by atoms with Gasteiger partial charge in [-0.3, -0.25) is 19.2 Å². The second-order valence-corrected chi connectivity index (χ2v) is 7.84. The maximum atomic E-state index is 12.5. The summed E-state index contributed by atoms with van der Waals surface area (Å²) in [4.78, 5) is 59.6. The van der Waals surface area contributed by atoms with Crippen molar-refractivity contribution in [3.8, 4) is 5.75 Å². The molecule has 13 nitrogen and oxygen atoms in total. The summed E-state index contributed by atoms with van der Waals surface area (Å²) in [5.74, 6) is -4.48. The molecule has 0 spiro atoms. The number of hydrogen-bond acceptors (Lipinski definition) is 8. The first-order valence-corrected chi connectivity index (χ1v) is 10.5. The van der Waals surface area contributed by atoms with Gasteiger partial charge in [0.15, 0.2) is 0 Å². The summed E-state index contributed by atoms with van der Waals surface area (Å²) in [5, 5.41) is 35.5. The molecule has 1 aromatic rings. The second-order valence-electron chi connectivity index (χ2n) is 7.84. The van der Waals surface area contributed by atoms with Gasteiger partial charge in [-0.15, -0.1) is 0 Å². The second kappa shape index (κ2) is 13.1. The smallest absolute Gasteiger partial charge is 0.326 e. The first kappa shape index (κ1) is 28.3. The number of carboxylic acids is 1. The average Bonchev–Trinajstić information content (AvgIpc) is 2.75. The SMILES string of the molecule is CC(NC(=O)C(NC(=O)C(N)CCC(N)=O)C(C)O)C(=O)NC(Cc1ccc(O)cc1)C(=O)O. The summed E-state index contributed by atoms with van der Waals surface area (Å²) in [6, 6.07) is 0.627. The van der Waals surface area contributed by atoms with Crippen molar-refractivity contribution in [1.82, 2.24) is 16.0 Å². The van der Waals surface area contributed by atoms with Gasteiger partial charge in [-0.25, -0.2) is 4.79 Å². The number of amides is 4. The van der Waals surface area contributed by atoms with Crippen molar-refractivity contribution in [3.63, 3.8) is 0 Å². The molecule has 4 amide bonds. The Morgan fingerprint density at radius 2 is 1.53 bits per heavy atom. The molecule has 0 aliphatic carbocycles. The first-order valence-electron chi connectivity index (χ1n) is 10.5. The number of aliphatic hydroxyl groups excluding tert-OH is 1. The van der Waals surface area contributed by atoms with E-state index in [0.717, 1.165) is 0 Å². The number of rotatable bonds is 13. The van der Waals surface area contributed by atoms with Crippen LogP contribution in [-0.4, -0.2) is 75.2 Å². The van der Waals surface area contributed by atoms with Gasteiger partial charge in [0.2, 0.25) is 23.6 Å². The topological polar surface area (TPSA) is 234 Å². The van der Waals surface area contributed by atoms with Crippen LogP contribution in [0.3, 0.4) is 0 Å². The summed E-state index contributed by atoms with van der Waals surface area (Å²) in [5.41, 5.74) is 11.2. The molecular formula is C21H31N5O8. The van der Waals surface area contributed by atoms with Crippen molar-refractivity contribution < 1.29 is 39.3 Å². The Kier molecular flexibility index (Phi) is 10.9.